The highest BCUT2D eigenvalue weighted by molar-refractivity contribution is 6.32. The number of halogens is 1. The largest absolute Gasteiger partial charge is 0.478 e. The van der Waals surface area contributed by atoms with Crippen molar-refractivity contribution in [2.45, 2.75) is 31.6 Å². The molecule has 1 aromatic rings. The normalized spacial score (nSPS) is 16.9. The number of hydrogen-bond acceptors (Lipinski definition) is 3. The second kappa shape index (κ2) is 4.14. The van der Waals surface area contributed by atoms with Crippen LogP contribution in [0.2, 0.25) is 5.15 Å². The monoisotopic (exact) mass is 226 g/mol. The van der Waals surface area contributed by atoms with Crippen molar-refractivity contribution in [2.75, 3.05) is 0 Å². The average Bonchev–Trinajstić information content (AvgIpc) is 2.69. The fourth-order valence-corrected chi connectivity index (χ4v) is 2.37. The minimum atomic E-state index is -1.02. The average molecular weight is 227 g/mol. The molecule has 0 aromatic carbocycles. The Labute approximate surface area is 92.3 Å². The molecule has 1 N–H and O–H groups in total. The Morgan fingerprint density at radius 1 is 1.47 bits per heavy atom. The van der Waals surface area contributed by atoms with Crippen molar-refractivity contribution in [3.63, 3.8) is 0 Å². The Kier molecular flexibility index (Phi) is 2.86. The van der Waals surface area contributed by atoms with Crippen LogP contribution in [0.4, 0.5) is 0 Å². The van der Waals surface area contributed by atoms with Gasteiger partial charge in [-0.3, -0.25) is 0 Å². The minimum absolute atomic E-state index is 0.00750. The lowest BCUT2D eigenvalue weighted by molar-refractivity contribution is 0.0694. The number of aromatic nitrogens is 2. The van der Waals surface area contributed by atoms with Crippen LogP contribution >= 0.6 is 11.6 Å². The molecule has 1 saturated carbocycles. The first-order chi connectivity index (χ1) is 7.20. The summed E-state index contributed by atoms with van der Waals surface area (Å²) in [6, 6.07) is 0. The number of carboxylic acids is 1. The maximum Gasteiger partial charge on any atom is 0.339 e. The summed E-state index contributed by atoms with van der Waals surface area (Å²) in [5.41, 5.74) is 0.860. The van der Waals surface area contributed by atoms with Gasteiger partial charge in [0.2, 0.25) is 0 Å². The number of hydrogen-bond donors (Lipinski definition) is 1. The van der Waals surface area contributed by atoms with Gasteiger partial charge < -0.3 is 5.11 Å². The predicted molar refractivity (Wildman–Crippen MR) is 55.2 cm³/mol. The standard InChI is InChI=1S/C10H11ClN2O2/c11-9-8(10(14)15)7(5-12-13-9)6-3-1-2-4-6/h5-6H,1-4H2,(H,14,15). The first-order valence-electron chi connectivity index (χ1n) is 4.94. The van der Waals surface area contributed by atoms with Crippen molar-refractivity contribution in [2.24, 2.45) is 0 Å². The number of rotatable bonds is 2. The lowest BCUT2D eigenvalue weighted by Gasteiger charge is -2.11. The quantitative estimate of drug-likeness (QED) is 0.842. The van der Waals surface area contributed by atoms with Gasteiger partial charge >= 0.3 is 5.97 Å². The van der Waals surface area contributed by atoms with Gasteiger partial charge in [-0.15, -0.1) is 5.10 Å². The molecule has 0 amide bonds. The first kappa shape index (κ1) is 10.4. The summed E-state index contributed by atoms with van der Waals surface area (Å²) in [5, 5.41) is 16.3. The molecule has 2 rings (SSSR count). The Balaban J connectivity index is 2.45. The van der Waals surface area contributed by atoms with E-state index in [9.17, 15) is 4.79 Å². The van der Waals surface area contributed by atoms with E-state index >= 15 is 0 Å². The number of carboxylic acid groups (broad SMARTS) is 1. The van der Waals surface area contributed by atoms with Crippen molar-refractivity contribution >= 4 is 17.6 Å². The van der Waals surface area contributed by atoms with Crippen LogP contribution in [0.5, 0.6) is 0 Å². The van der Waals surface area contributed by atoms with Crippen LogP contribution in [-0.2, 0) is 0 Å². The Bertz CT molecular complexity index is 389. The van der Waals surface area contributed by atoms with Gasteiger partial charge in [-0.05, 0) is 24.3 Å². The molecule has 1 heterocycles. The van der Waals surface area contributed by atoms with Gasteiger partial charge in [0.15, 0.2) is 5.15 Å². The fourth-order valence-electron chi connectivity index (χ4n) is 2.13. The molecular formula is C10H11ClN2O2. The zero-order valence-corrected chi connectivity index (χ0v) is 8.87. The first-order valence-corrected chi connectivity index (χ1v) is 5.32. The summed E-state index contributed by atoms with van der Waals surface area (Å²) in [6.07, 6.45) is 5.85. The topological polar surface area (TPSA) is 63.1 Å². The van der Waals surface area contributed by atoms with E-state index in [1.807, 2.05) is 0 Å². The van der Waals surface area contributed by atoms with E-state index in [0.717, 1.165) is 31.2 Å². The number of nitrogens with zero attached hydrogens (tertiary/aromatic N) is 2. The fraction of sp³-hybridized carbons (Fsp3) is 0.500. The van der Waals surface area contributed by atoms with Crippen molar-refractivity contribution < 1.29 is 9.90 Å². The molecule has 1 aliphatic carbocycles. The zero-order chi connectivity index (χ0) is 10.8. The molecule has 0 saturated heterocycles. The van der Waals surface area contributed by atoms with Gasteiger partial charge in [0.05, 0.1) is 6.20 Å². The van der Waals surface area contributed by atoms with Crippen LogP contribution < -0.4 is 0 Å². The molecule has 5 heteroatoms. The van der Waals surface area contributed by atoms with Gasteiger partial charge in [-0.25, -0.2) is 4.79 Å². The SMILES string of the molecule is O=C(O)c1c(C2CCCC2)cnnc1Cl. The van der Waals surface area contributed by atoms with Crippen molar-refractivity contribution in [1.29, 1.82) is 0 Å². The highest BCUT2D eigenvalue weighted by Crippen LogP contribution is 2.36. The molecule has 0 bridgehead atoms. The summed E-state index contributed by atoms with van der Waals surface area (Å²) in [7, 11) is 0. The summed E-state index contributed by atoms with van der Waals surface area (Å²) >= 11 is 5.75. The van der Waals surface area contributed by atoms with Gasteiger partial charge in [-0.1, -0.05) is 24.4 Å². The van der Waals surface area contributed by atoms with E-state index in [0.29, 0.717) is 0 Å². The van der Waals surface area contributed by atoms with Gasteiger partial charge in [0.25, 0.3) is 0 Å². The zero-order valence-electron chi connectivity index (χ0n) is 8.11. The third-order valence-corrected chi connectivity index (χ3v) is 3.11. The van der Waals surface area contributed by atoms with Crippen LogP contribution in [0.25, 0.3) is 0 Å². The highest BCUT2D eigenvalue weighted by Gasteiger charge is 2.25. The molecule has 1 fully saturated rings. The lowest BCUT2D eigenvalue weighted by atomic mass is 9.96. The Morgan fingerprint density at radius 3 is 2.73 bits per heavy atom. The number of aromatic carboxylic acids is 1. The van der Waals surface area contributed by atoms with E-state index in [1.54, 1.807) is 0 Å². The molecule has 1 aromatic heterocycles. The van der Waals surface area contributed by atoms with Gasteiger partial charge in [-0.2, -0.15) is 5.10 Å². The third kappa shape index (κ3) is 1.95. The van der Waals surface area contributed by atoms with Crippen LogP contribution in [0.1, 0.15) is 47.5 Å². The summed E-state index contributed by atoms with van der Waals surface area (Å²) in [6.45, 7) is 0. The van der Waals surface area contributed by atoms with Crippen LogP contribution in [0, 0.1) is 0 Å². The Morgan fingerprint density at radius 2 is 2.13 bits per heavy atom. The van der Waals surface area contributed by atoms with E-state index in [4.69, 9.17) is 16.7 Å². The molecule has 4 nitrogen and oxygen atoms in total. The second-order valence-electron chi connectivity index (χ2n) is 3.75. The van der Waals surface area contributed by atoms with Crippen molar-refractivity contribution in [1.82, 2.24) is 10.2 Å². The number of carbonyl (C=O) groups is 1. The Hall–Kier alpha value is -1.16. The smallest absolute Gasteiger partial charge is 0.339 e. The molecule has 80 valence electrons. The van der Waals surface area contributed by atoms with Crippen LogP contribution in [0.15, 0.2) is 6.20 Å². The van der Waals surface area contributed by atoms with Crippen molar-refractivity contribution in [3.8, 4) is 0 Å². The molecule has 0 radical (unpaired) electrons. The summed E-state index contributed by atoms with van der Waals surface area (Å²) < 4.78 is 0. The molecular weight excluding hydrogens is 216 g/mol. The maximum atomic E-state index is 11.0. The molecule has 0 spiro atoms. The molecule has 1 aliphatic rings. The van der Waals surface area contributed by atoms with Crippen LogP contribution in [-0.4, -0.2) is 21.3 Å². The maximum absolute atomic E-state index is 11.0. The summed E-state index contributed by atoms with van der Waals surface area (Å²) in [5.74, 6) is -0.735. The summed E-state index contributed by atoms with van der Waals surface area (Å²) in [4.78, 5) is 11.0. The molecule has 0 aliphatic heterocycles. The second-order valence-corrected chi connectivity index (χ2v) is 4.11. The van der Waals surface area contributed by atoms with E-state index in [2.05, 4.69) is 10.2 Å². The van der Waals surface area contributed by atoms with E-state index in [-0.39, 0.29) is 16.6 Å². The van der Waals surface area contributed by atoms with Gasteiger partial charge in [0, 0.05) is 0 Å². The van der Waals surface area contributed by atoms with Crippen molar-refractivity contribution in [3.05, 3.63) is 22.5 Å². The third-order valence-electron chi connectivity index (χ3n) is 2.85. The van der Waals surface area contributed by atoms with E-state index < -0.39 is 5.97 Å². The highest BCUT2D eigenvalue weighted by atomic mass is 35.5. The van der Waals surface area contributed by atoms with Crippen LogP contribution in [0.3, 0.4) is 0 Å². The lowest BCUT2D eigenvalue weighted by Crippen LogP contribution is -2.08. The molecule has 15 heavy (non-hydrogen) atoms. The van der Waals surface area contributed by atoms with E-state index in [1.165, 1.54) is 6.20 Å². The minimum Gasteiger partial charge on any atom is -0.478 e. The molecule has 0 atom stereocenters. The predicted octanol–water partition coefficient (Wildman–Crippen LogP) is 2.49. The molecule has 0 unspecified atom stereocenters. The van der Waals surface area contributed by atoms with Gasteiger partial charge in [0.1, 0.15) is 5.56 Å².